The molecule has 0 radical (unpaired) electrons. The van der Waals surface area contributed by atoms with Crippen LogP contribution in [0, 0.1) is 12.7 Å². The summed E-state index contributed by atoms with van der Waals surface area (Å²) in [5.74, 6) is -2.05. The van der Waals surface area contributed by atoms with Gasteiger partial charge in [-0.25, -0.2) is 4.39 Å². The van der Waals surface area contributed by atoms with Crippen LogP contribution < -0.4 is 0 Å². The molecule has 2 aromatic carbocycles. The van der Waals surface area contributed by atoms with Crippen molar-refractivity contribution in [2.75, 3.05) is 0 Å². The lowest BCUT2D eigenvalue weighted by Crippen LogP contribution is -2.08. The van der Waals surface area contributed by atoms with Crippen molar-refractivity contribution in [3.8, 4) is 0 Å². The second-order valence-electron chi connectivity index (χ2n) is 4.90. The maximum atomic E-state index is 13.4. The third kappa shape index (κ3) is 3.67. The van der Waals surface area contributed by atoms with Crippen LogP contribution in [0.1, 0.15) is 21.5 Å². The van der Waals surface area contributed by atoms with Gasteiger partial charge in [-0.2, -0.15) is 16.8 Å². The minimum atomic E-state index is -4.87. The number of ketones is 1. The summed E-state index contributed by atoms with van der Waals surface area (Å²) >= 11 is 0. The monoisotopic (exact) mass is 374 g/mol. The van der Waals surface area contributed by atoms with Crippen LogP contribution in [-0.2, 0) is 20.2 Å². The summed E-state index contributed by atoms with van der Waals surface area (Å²) in [6.45, 7) is 1.41. The zero-order valence-corrected chi connectivity index (χ0v) is 13.7. The Kier molecular flexibility index (Phi) is 4.59. The second-order valence-corrected chi connectivity index (χ2v) is 7.68. The highest BCUT2D eigenvalue weighted by Crippen LogP contribution is 2.22. The number of rotatable bonds is 4. The van der Waals surface area contributed by atoms with E-state index in [9.17, 15) is 26.0 Å². The van der Waals surface area contributed by atoms with Gasteiger partial charge in [0.05, 0.1) is 4.90 Å². The van der Waals surface area contributed by atoms with Crippen molar-refractivity contribution in [2.45, 2.75) is 16.7 Å². The fraction of sp³-hybridized carbons (Fsp3) is 0.0714. The maximum absolute atomic E-state index is 13.4. The van der Waals surface area contributed by atoms with Crippen LogP contribution in [0.4, 0.5) is 4.39 Å². The minimum Gasteiger partial charge on any atom is -0.289 e. The molecule has 0 aliphatic heterocycles. The summed E-state index contributed by atoms with van der Waals surface area (Å²) in [6.07, 6.45) is 0. The molecule has 0 saturated heterocycles. The van der Waals surface area contributed by atoms with Gasteiger partial charge in [0.25, 0.3) is 20.2 Å². The quantitative estimate of drug-likeness (QED) is 0.618. The molecular weight excluding hydrogens is 363 g/mol. The summed E-state index contributed by atoms with van der Waals surface area (Å²) in [7, 11) is -9.43. The van der Waals surface area contributed by atoms with Crippen LogP contribution in [0.5, 0.6) is 0 Å². The molecule has 0 atom stereocenters. The topological polar surface area (TPSA) is 126 Å². The van der Waals surface area contributed by atoms with Gasteiger partial charge in [0.1, 0.15) is 10.7 Å². The molecule has 0 amide bonds. The van der Waals surface area contributed by atoms with E-state index in [0.717, 1.165) is 12.1 Å². The van der Waals surface area contributed by atoms with Gasteiger partial charge >= 0.3 is 0 Å². The molecule has 0 fully saturated rings. The Labute approximate surface area is 137 Å². The summed E-state index contributed by atoms with van der Waals surface area (Å²) in [6, 6.07) is 5.78. The summed E-state index contributed by atoms with van der Waals surface area (Å²) in [5.41, 5.74) is -0.248. The lowest BCUT2D eigenvalue weighted by Gasteiger charge is -2.07. The molecule has 0 bridgehead atoms. The van der Waals surface area contributed by atoms with Gasteiger partial charge in [-0.1, -0.05) is 12.1 Å². The maximum Gasteiger partial charge on any atom is 0.297 e. The van der Waals surface area contributed by atoms with Crippen LogP contribution in [-0.4, -0.2) is 31.7 Å². The Balaban J connectivity index is 2.59. The molecular formula is C14H11FO7S2. The fourth-order valence-corrected chi connectivity index (χ4v) is 3.37. The number of carbonyl (C=O) groups excluding carboxylic acids is 1. The molecule has 7 nitrogen and oxygen atoms in total. The molecule has 24 heavy (non-hydrogen) atoms. The first-order valence-electron chi connectivity index (χ1n) is 6.31. The van der Waals surface area contributed by atoms with Crippen LogP contribution >= 0.6 is 0 Å². The molecule has 0 aliphatic carbocycles. The number of hydrogen-bond acceptors (Lipinski definition) is 5. The SMILES string of the molecule is Cc1ccc(C(=O)c2ccc(F)c(S(=O)(=O)O)c2)cc1S(=O)(=O)O. The molecule has 2 rings (SSSR count). The predicted molar refractivity (Wildman–Crippen MR) is 80.6 cm³/mol. The molecule has 2 N–H and O–H groups in total. The second kappa shape index (κ2) is 6.06. The van der Waals surface area contributed by atoms with E-state index in [1.807, 2.05) is 0 Å². The summed E-state index contributed by atoms with van der Waals surface area (Å²) in [5, 5.41) is 0. The predicted octanol–water partition coefficient (Wildman–Crippen LogP) is 1.86. The number of hydrogen-bond donors (Lipinski definition) is 2. The lowest BCUT2D eigenvalue weighted by atomic mass is 10.0. The van der Waals surface area contributed by atoms with E-state index in [2.05, 4.69) is 0 Å². The normalized spacial score (nSPS) is 12.2. The average Bonchev–Trinajstić information content (AvgIpc) is 2.45. The molecule has 0 heterocycles. The van der Waals surface area contributed by atoms with Crippen molar-refractivity contribution in [3.63, 3.8) is 0 Å². The molecule has 0 unspecified atom stereocenters. The molecule has 0 saturated carbocycles. The van der Waals surface area contributed by atoms with Gasteiger partial charge in [-0.3, -0.25) is 13.9 Å². The van der Waals surface area contributed by atoms with E-state index in [1.54, 1.807) is 0 Å². The molecule has 10 heteroatoms. The van der Waals surface area contributed by atoms with E-state index in [-0.39, 0.29) is 16.7 Å². The fourth-order valence-electron chi connectivity index (χ4n) is 2.03. The highest BCUT2D eigenvalue weighted by Gasteiger charge is 2.21. The van der Waals surface area contributed by atoms with E-state index >= 15 is 0 Å². The third-order valence-corrected chi connectivity index (χ3v) is 5.06. The van der Waals surface area contributed by atoms with Crippen molar-refractivity contribution in [2.24, 2.45) is 0 Å². The molecule has 2 aromatic rings. The Bertz CT molecular complexity index is 957. The lowest BCUT2D eigenvalue weighted by molar-refractivity contribution is 0.103. The molecule has 0 aromatic heterocycles. The van der Waals surface area contributed by atoms with Crippen molar-refractivity contribution < 1.29 is 35.1 Å². The van der Waals surface area contributed by atoms with Gasteiger partial charge < -0.3 is 0 Å². The number of benzene rings is 2. The highest BCUT2D eigenvalue weighted by atomic mass is 32.2. The Morgan fingerprint density at radius 1 is 0.875 bits per heavy atom. The third-order valence-electron chi connectivity index (χ3n) is 3.20. The standard InChI is InChI=1S/C14H11FO7S2/c1-8-2-3-9(6-12(8)23(17,18)19)14(16)10-4-5-11(15)13(7-10)24(20,21)22/h2-7H,1H3,(H,17,18,19)(H,20,21,22). The van der Waals surface area contributed by atoms with Gasteiger partial charge in [0, 0.05) is 11.1 Å². The molecule has 0 aliphatic rings. The number of aryl methyl sites for hydroxylation is 1. The smallest absolute Gasteiger partial charge is 0.289 e. The Morgan fingerprint density at radius 3 is 1.83 bits per heavy atom. The molecule has 0 spiro atoms. The van der Waals surface area contributed by atoms with Gasteiger partial charge in [0.2, 0.25) is 0 Å². The van der Waals surface area contributed by atoms with Crippen molar-refractivity contribution in [1.29, 1.82) is 0 Å². The van der Waals surface area contributed by atoms with Crippen molar-refractivity contribution in [3.05, 3.63) is 58.9 Å². The van der Waals surface area contributed by atoms with Crippen LogP contribution in [0.15, 0.2) is 46.2 Å². The first-order chi connectivity index (χ1) is 10.9. The zero-order valence-electron chi connectivity index (χ0n) is 12.1. The van der Waals surface area contributed by atoms with Crippen molar-refractivity contribution in [1.82, 2.24) is 0 Å². The van der Waals surface area contributed by atoms with Crippen LogP contribution in [0.3, 0.4) is 0 Å². The van der Waals surface area contributed by atoms with E-state index < -0.39 is 41.6 Å². The minimum absolute atomic E-state index is 0.166. The first kappa shape index (κ1) is 18.2. The van der Waals surface area contributed by atoms with E-state index in [0.29, 0.717) is 12.1 Å². The van der Waals surface area contributed by atoms with Crippen molar-refractivity contribution >= 4 is 26.0 Å². The number of halogens is 1. The average molecular weight is 374 g/mol. The van der Waals surface area contributed by atoms with Gasteiger partial charge in [0.15, 0.2) is 5.78 Å². The van der Waals surface area contributed by atoms with E-state index in [1.165, 1.54) is 19.1 Å². The van der Waals surface area contributed by atoms with E-state index in [4.69, 9.17) is 9.11 Å². The Morgan fingerprint density at radius 2 is 1.33 bits per heavy atom. The Hall–Kier alpha value is -2.14. The first-order valence-corrected chi connectivity index (χ1v) is 9.19. The van der Waals surface area contributed by atoms with Gasteiger partial charge in [-0.15, -0.1) is 0 Å². The highest BCUT2D eigenvalue weighted by molar-refractivity contribution is 7.86. The summed E-state index contributed by atoms with van der Waals surface area (Å²) < 4.78 is 76.2. The van der Waals surface area contributed by atoms with Crippen LogP contribution in [0.2, 0.25) is 0 Å². The van der Waals surface area contributed by atoms with Gasteiger partial charge in [-0.05, 0) is 36.8 Å². The zero-order chi connectivity index (χ0) is 18.3. The largest absolute Gasteiger partial charge is 0.297 e. The molecule has 128 valence electrons. The number of carbonyl (C=O) groups is 1. The van der Waals surface area contributed by atoms with Crippen LogP contribution in [0.25, 0.3) is 0 Å². The summed E-state index contributed by atoms with van der Waals surface area (Å²) in [4.78, 5) is 10.8.